The van der Waals surface area contributed by atoms with Crippen LogP contribution in [0, 0.1) is 10.1 Å². The molecule has 0 unspecified atom stereocenters. The predicted molar refractivity (Wildman–Crippen MR) is 143 cm³/mol. The maximum atomic E-state index is 11.2. The van der Waals surface area contributed by atoms with Crippen LogP contribution < -0.4 is 0 Å². The Hall–Kier alpha value is -4.08. The molecule has 0 N–H and O–H groups in total. The lowest BCUT2D eigenvalue weighted by Crippen LogP contribution is -2.07. The Balaban J connectivity index is 1.37. The first kappa shape index (κ1) is 22.4. The molecule has 7 nitrogen and oxygen atoms in total. The van der Waals surface area contributed by atoms with Crippen LogP contribution in [-0.4, -0.2) is 24.7 Å². The van der Waals surface area contributed by atoms with E-state index < -0.39 is 0 Å². The van der Waals surface area contributed by atoms with Gasteiger partial charge < -0.3 is 4.57 Å². The molecular weight excluding hydrogens is 490 g/mol. The zero-order valence-electron chi connectivity index (χ0n) is 18.9. The van der Waals surface area contributed by atoms with Crippen molar-refractivity contribution in [3.05, 3.63) is 118 Å². The van der Waals surface area contributed by atoms with Gasteiger partial charge in [0.15, 0.2) is 9.50 Å². The lowest BCUT2D eigenvalue weighted by atomic mass is 10.0. The van der Waals surface area contributed by atoms with E-state index in [2.05, 4.69) is 68.3 Å². The Kier molecular flexibility index (Phi) is 5.92. The van der Waals surface area contributed by atoms with Gasteiger partial charge in [-0.3, -0.25) is 10.1 Å². The third kappa shape index (κ3) is 4.46. The third-order valence-corrected chi connectivity index (χ3v) is 8.01. The standard InChI is InChI=1S/C27H19N5O2S2/c33-32(34)21-13-14-23-24(16-21)35-27(28-23)36-26-30-29-25(31(26)17-18-7-2-1-3-8-18)15-20-11-6-10-19-9-4-5-12-22(19)20/h1-14,16H,15,17H2. The number of nitro groups is 1. The van der Waals surface area contributed by atoms with E-state index in [0.717, 1.165) is 31.1 Å². The van der Waals surface area contributed by atoms with Crippen LogP contribution in [0.3, 0.4) is 0 Å². The summed E-state index contributed by atoms with van der Waals surface area (Å²) in [6, 6.07) is 29.7. The zero-order valence-corrected chi connectivity index (χ0v) is 20.6. The second-order valence-electron chi connectivity index (χ2n) is 8.28. The van der Waals surface area contributed by atoms with Crippen LogP contribution in [0.25, 0.3) is 21.0 Å². The average Bonchev–Trinajstić information content (AvgIpc) is 3.48. The predicted octanol–water partition coefficient (Wildman–Crippen LogP) is 6.74. The zero-order chi connectivity index (χ0) is 24.5. The fourth-order valence-electron chi connectivity index (χ4n) is 4.19. The molecule has 4 aromatic carbocycles. The van der Waals surface area contributed by atoms with Crippen LogP contribution in [0.1, 0.15) is 17.0 Å². The summed E-state index contributed by atoms with van der Waals surface area (Å²) in [6.07, 6.45) is 0.647. The summed E-state index contributed by atoms with van der Waals surface area (Å²) < 4.78 is 3.68. The maximum Gasteiger partial charge on any atom is 0.270 e. The van der Waals surface area contributed by atoms with Gasteiger partial charge in [0.2, 0.25) is 0 Å². The van der Waals surface area contributed by atoms with E-state index >= 15 is 0 Å². The summed E-state index contributed by atoms with van der Waals surface area (Å²) in [4.78, 5) is 15.4. The van der Waals surface area contributed by atoms with Gasteiger partial charge in [-0.05, 0) is 39.7 Å². The molecule has 0 atom stereocenters. The molecule has 0 fully saturated rings. The van der Waals surface area contributed by atoms with E-state index in [9.17, 15) is 10.1 Å². The minimum atomic E-state index is -0.387. The summed E-state index contributed by atoms with van der Waals surface area (Å²) in [6.45, 7) is 0.632. The number of non-ortho nitro benzene ring substituents is 1. The molecule has 0 bridgehead atoms. The lowest BCUT2D eigenvalue weighted by Gasteiger charge is -2.11. The maximum absolute atomic E-state index is 11.2. The number of hydrogen-bond donors (Lipinski definition) is 0. The number of thiazole rings is 1. The van der Waals surface area contributed by atoms with Gasteiger partial charge >= 0.3 is 0 Å². The number of benzene rings is 4. The Morgan fingerprint density at radius 1 is 0.917 bits per heavy atom. The van der Waals surface area contributed by atoms with E-state index in [0.29, 0.717) is 13.0 Å². The van der Waals surface area contributed by atoms with Gasteiger partial charge in [-0.15, -0.1) is 21.5 Å². The van der Waals surface area contributed by atoms with Crippen molar-refractivity contribution < 1.29 is 4.92 Å². The van der Waals surface area contributed by atoms with Crippen molar-refractivity contribution in [3.63, 3.8) is 0 Å². The van der Waals surface area contributed by atoms with Gasteiger partial charge in [-0.2, -0.15) is 0 Å². The number of rotatable bonds is 7. The highest BCUT2D eigenvalue weighted by atomic mass is 32.2. The molecule has 0 aliphatic rings. The summed E-state index contributed by atoms with van der Waals surface area (Å²) in [5.74, 6) is 0.870. The van der Waals surface area contributed by atoms with Crippen LogP contribution >= 0.6 is 23.1 Å². The van der Waals surface area contributed by atoms with Gasteiger partial charge in [-0.25, -0.2) is 4.98 Å². The van der Waals surface area contributed by atoms with E-state index in [-0.39, 0.29) is 10.6 Å². The molecule has 0 saturated heterocycles. The van der Waals surface area contributed by atoms with Crippen molar-refractivity contribution >= 4 is 49.8 Å². The van der Waals surface area contributed by atoms with Crippen LogP contribution in [0.2, 0.25) is 0 Å². The molecule has 0 radical (unpaired) electrons. The summed E-state index contributed by atoms with van der Waals surface area (Å²) >= 11 is 2.86. The van der Waals surface area contributed by atoms with Crippen molar-refractivity contribution in [3.8, 4) is 0 Å². The average molecular weight is 510 g/mol. The minimum absolute atomic E-state index is 0.0623. The molecule has 6 aromatic rings. The molecule has 6 rings (SSSR count). The van der Waals surface area contributed by atoms with Crippen molar-refractivity contribution in [2.45, 2.75) is 22.5 Å². The molecule has 2 heterocycles. The van der Waals surface area contributed by atoms with Gasteiger partial charge in [0.05, 0.1) is 21.7 Å². The normalized spacial score (nSPS) is 11.3. The van der Waals surface area contributed by atoms with Crippen molar-refractivity contribution in [1.82, 2.24) is 19.7 Å². The molecular formula is C27H19N5O2S2. The van der Waals surface area contributed by atoms with Gasteiger partial charge in [0.1, 0.15) is 5.82 Å². The number of fused-ring (bicyclic) bond motifs is 2. The Bertz CT molecular complexity index is 1710. The lowest BCUT2D eigenvalue weighted by molar-refractivity contribution is -0.384. The second kappa shape index (κ2) is 9.52. The number of nitrogens with zero attached hydrogens (tertiary/aromatic N) is 5. The molecule has 0 spiro atoms. The monoisotopic (exact) mass is 509 g/mol. The fraction of sp³-hybridized carbons (Fsp3) is 0.0741. The van der Waals surface area contributed by atoms with Crippen molar-refractivity contribution in [2.24, 2.45) is 0 Å². The molecule has 0 saturated carbocycles. The molecule has 9 heteroatoms. The van der Waals surface area contributed by atoms with E-state index in [1.165, 1.54) is 45.5 Å². The second-order valence-corrected chi connectivity index (χ2v) is 10.5. The molecule has 36 heavy (non-hydrogen) atoms. The van der Waals surface area contributed by atoms with E-state index in [1.807, 2.05) is 24.3 Å². The van der Waals surface area contributed by atoms with Gasteiger partial charge in [0.25, 0.3) is 5.69 Å². The van der Waals surface area contributed by atoms with Crippen LogP contribution in [0.15, 0.2) is 100 Å². The Morgan fingerprint density at radius 2 is 1.72 bits per heavy atom. The quantitative estimate of drug-likeness (QED) is 0.175. The number of nitro benzene ring substituents is 1. The minimum Gasteiger partial charge on any atom is -0.301 e. The van der Waals surface area contributed by atoms with Crippen LogP contribution in [-0.2, 0) is 13.0 Å². The Morgan fingerprint density at radius 3 is 2.58 bits per heavy atom. The summed E-state index contributed by atoms with van der Waals surface area (Å²) in [7, 11) is 0. The first-order chi connectivity index (χ1) is 17.6. The van der Waals surface area contributed by atoms with Crippen molar-refractivity contribution in [2.75, 3.05) is 0 Å². The molecule has 0 aliphatic carbocycles. The summed E-state index contributed by atoms with van der Waals surface area (Å²) in [5.41, 5.74) is 3.14. The van der Waals surface area contributed by atoms with E-state index in [1.54, 1.807) is 12.1 Å². The number of hydrogen-bond acceptors (Lipinski definition) is 7. The van der Waals surface area contributed by atoms with Gasteiger partial charge in [-0.1, -0.05) is 72.8 Å². The molecule has 2 aromatic heterocycles. The smallest absolute Gasteiger partial charge is 0.270 e. The largest absolute Gasteiger partial charge is 0.301 e. The summed E-state index contributed by atoms with van der Waals surface area (Å²) in [5, 5.41) is 23.4. The van der Waals surface area contributed by atoms with Crippen LogP contribution in [0.4, 0.5) is 5.69 Å². The highest BCUT2D eigenvalue weighted by Gasteiger charge is 2.18. The molecule has 0 aliphatic heterocycles. The first-order valence-corrected chi connectivity index (χ1v) is 12.9. The molecule has 176 valence electrons. The highest BCUT2D eigenvalue weighted by molar-refractivity contribution is 8.01. The third-order valence-electron chi connectivity index (χ3n) is 5.95. The number of aromatic nitrogens is 4. The Labute approximate surface area is 214 Å². The SMILES string of the molecule is O=[N+]([O-])c1ccc2nc(Sc3nnc(Cc4cccc5ccccc45)n3Cc3ccccc3)sc2c1. The highest BCUT2D eigenvalue weighted by Crippen LogP contribution is 2.36. The fourth-order valence-corrected chi connectivity index (χ4v) is 6.25. The van der Waals surface area contributed by atoms with Crippen molar-refractivity contribution in [1.29, 1.82) is 0 Å². The topological polar surface area (TPSA) is 86.7 Å². The van der Waals surface area contributed by atoms with Crippen LogP contribution in [0.5, 0.6) is 0 Å². The van der Waals surface area contributed by atoms with Gasteiger partial charge in [0, 0.05) is 18.6 Å². The van der Waals surface area contributed by atoms with E-state index in [4.69, 9.17) is 0 Å². The first-order valence-electron chi connectivity index (χ1n) is 11.3. The molecule has 0 amide bonds.